The zero-order valence-corrected chi connectivity index (χ0v) is 14.1. The summed E-state index contributed by atoms with van der Waals surface area (Å²) in [6.07, 6.45) is 0. The van der Waals surface area contributed by atoms with Crippen LogP contribution in [0.25, 0.3) is 0 Å². The van der Waals surface area contributed by atoms with E-state index in [0.717, 1.165) is 10.5 Å². The van der Waals surface area contributed by atoms with E-state index in [1.165, 1.54) is 0 Å². The van der Waals surface area contributed by atoms with E-state index in [1.54, 1.807) is 36.4 Å². The number of esters is 1. The molecule has 0 spiro atoms. The number of hydrogen-bond acceptors (Lipinski definition) is 5. The Morgan fingerprint density at radius 3 is 2.36 bits per heavy atom. The van der Waals surface area contributed by atoms with E-state index in [4.69, 9.17) is 21.1 Å². The van der Waals surface area contributed by atoms with Crippen LogP contribution < -0.4 is 4.74 Å². The monoisotopic (exact) mass is 359 g/mol. The first-order valence-corrected chi connectivity index (χ1v) is 7.85. The number of aryl methyl sites for hydroxylation is 1. The van der Waals surface area contributed by atoms with E-state index < -0.39 is 24.5 Å². The number of imide groups is 1. The van der Waals surface area contributed by atoms with Gasteiger partial charge in [0.1, 0.15) is 5.75 Å². The predicted molar refractivity (Wildman–Crippen MR) is 89.6 cm³/mol. The maximum absolute atomic E-state index is 12.1. The minimum Gasteiger partial charge on any atom is -0.480 e. The van der Waals surface area contributed by atoms with Gasteiger partial charge in [0.05, 0.1) is 16.1 Å². The smallest absolute Gasteiger partial charge is 0.345 e. The summed E-state index contributed by atoms with van der Waals surface area (Å²) in [5.41, 5.74) is 1.52. The molecule has 1 aliphatic rings. The van der Waals surface area contributed by atoms with Crippen LogP contribution >= 0.6 is 11.6 Å². The first-order valence-electron chi connectivity index (χ1n) is 7.47. The van der Waals surface area contributed by atoms with Crippen molar-refractivity contribution in [3.63, 3.8) is 0 Å². The molecule has 0 unspecified atom stereocenters. The van der Waals surface area contributed by atoms with Crippen LogP contribution in [0.2, 0.25) is 5.02 Å². The Hall–Kier alpha value is -2.86. The highest BCUT2D eigenvalue weighted by molar-refractivity contribution is 6.32. The average molecular weight is 360 g/mol. The number of carbonyl (C=O) groups excluding carboxylic acids is 3. The molecule has 0 radical (unpaired) electrons. The average Bonchev–Trinajstić information content (AvgIpc) is 2.85. The molecule has 128 valence electrons. The molecule has 1 heterocycles. The maximum atomic E-state index is 12.1. The lowest BCUT2D eigenvalue weighted by atomic mass is 10.1. The second-order valence-electron chi connectivity index (χ2n) is 5.45. The molecule has 1 aliphatic heterocycles. The quantitative estimate of drug-likeness (QED) is 0.606. The number of nitrogens with zero attached hydrogens (tertiary/aromatic N) is 1. The summed E-state index contributed by atoms with van der Waals surface area (Å²) in [6.45, 7) is 1.02. The number of hydrogen-bond donors (Lipinski definition) is 0. The Labute approximate surface area is 148 Å². The molecule has 0 aromatic heterocycles. The largest absolute Gasteiger partial charge is 0.480 e. The van der Waals surface area contributed by atoms with Crippen molar-refractivity contribution in [3.8, 4) is 5.75 Å². The van der Waals surface area contributed by atoms with Crippen LogP contribution in [0.1, 0.15) is 26.3 Å². The van der Waals surface area contributed by atoms with Crippen LogP contribution in [0.3, 0.4) is 0 Å². The van der Waals surface area contributed by atoms with Gasteiger partial charge in [0.2, 0.25) is 0 Å². The first kappa shape index (κ1) is 17.0. The number of rotatable bonds is 5. The van der Waals surface area contributed by atoms with Crippen molar-refractivity contribution in [2.75, 3.05) is 13.3 Å². The molecular formula is C18H14ClNO5. The van der Waals surface area contributed by atoms with Crippen LogP contribution in [0.5, 0.6) is 5.75 Å². The molecule has 0 saturated carbocycles. The second kappa shape index (κ2) is 6.94. The van der Waals surface area contributed by atoms with Crippen LogP contribution in [0, 0.1) is 6.92 Å². The molecule has 2 aromatic rings. The third-order valence-electron chi connectivity index (χ3n) is 3.67. The summed E-state index contributed by atoms with van der Waals surface area (Å²) < 4.78 is 10.3. The van der Waals surface area contributed by atoms with E-state index in [2.05, 4.69) is 0 Å². The van der Waals surface area contributed by atoms with Crippen molar-refractivity contribution in [2.24, 2.45) is 0 Å². The molecule has 0 bridgehead atoms. The highest BCUT2D eigenvalue weighted by atomic mass is 35.5. The maximum Gasteiger partial charge on any atom is 0.345 e. The van der Waals surface area contributed by atoms with Gasteiger partial charge in [-0.2, -0.15) is 0 Å². The van der Waals surface area contributed by atoms with Gasteiger partial charge >= 0.3 is 5.97 Å². The highest BCUT2D eigenvalue weighted by Crippen LogP contribution is 2.25. The SMILES string of the molecule is Cc1ccc(Cl)c(OCC(=O)OCN2C(=O)c3ccccc3C2=O)c1. The number of fused-ring (bicyclic) bond motifs is 1. The van der Waals surface area contributed by atoms with Crippen molar-refractivity contribution in [1.82, 2.24) is 4.90 Å². The molecule has 0 N–H and O–H groups in total. The minimum absolute atomic E-state index is 0.298. The van der Waals surface area contributed by atoms with Crippen LogP contribution in [0.4, 0.5) is 0 Å². The third-order valence-corrected chi connectivity index (χ3v) is 3.98. The van der Waals surface area contributed by atoms with Gasteiger partial charge in [-0.25, -0.2) is 9.69 Å². The fourth-order valence-corrected chi connectivity index (χ4v) is 2.56. The molecule has 7 heteroatoms. The van der Waals surface area contributed by atoms with E-state index in [1.807, 2.05) is 13.0 Å². The lowest BCUT2D eigenvalue weighted by Crippen LogP contribution is -2.34. The zero-order valence-electron chi connectivity index (χ0n) is 13.3. The number of amides is 2. The first-order chi connectivity index (χ1) is 12.0. The number of benzene rings is 2. The standard InChI is InChI=1S/C18H14ClNO5/c1-11-6-7-14(19)15(8-11)24-9-16(21)25-10-20-17(22)12-4-2-3-5-13(12)18(20)23/h2-8H,9-10H2,1H3. The van der Waals surface area contributed by atoms with E-state index in [9.17, 15) is 14.4 Å². The Morgan fingerprint density at radius 1 is 1.08 bits per heavy atom. The van der Waals surface area contributed by atoms with Gasteiger partial charge in [-0.05, 0) is 36.8 Å². The van der Waals surface area contributed by atoms with E-state index in [-0.39, 0.29) is 6.61 Å². The van der Waals surface area contributed by atoms with Crippen molar-refractivity contribution in [2.45, 2.75) is 6.92 Å². The lowest BCUT2D eigenvalue weighted by molar-refractivity contribution is -0.148. The van der Waals surface area contributed by atoms with Crippen molar-refractivity contribution >= 4 is 29.4 Å². The predicted octanol–water partition coefficient (Wildman–Crippen LogP) is 2.82. The third kappa shape index (κ3) is 3.49. The zero-order chi connectivity index (χ0) is 18.0. The molecule has 2 amide bonds. The Morgan fingerprint density at radius 2 is 1.72 bits per heavy atom. The Balaban J connectivity index is 1.56. The molecule has 0 saturated heterocycles. The molecule has 25 heavy (non-hydrogen) atoms. The number of carbonyl (C=O) groups is 3. The van der Waals surface area contributed by atoms with Gasteiger partial charge in [-0.15, -0.1) is 0 Å². The van der Waals surface area contributed by atoms with E-state index in [0.29, 0.717) is 21.9 Å². The molecule has 6 nitrogen and oxygen atoms in total. The molecule has 3 rings (SSSR count). The molecular weight excluding hydrogens is 346 g/mol. The fraction of sp³-hybridized carbons (Fsp3) is 0.167. The van der Waals surface area contributed by atoms with E-state index >= 15 is 0 Å². The molecule has 0 aliphatic carbocycles. The number of halogens is 1. The molecule has 0 atom stereocenters. The molecule has 2 aromatic carbocycles. The summed E-state index contributed by atoms with van der Waals surface area (Å²) in [4.78, 5) is 37.0. The summed E-state index contributed by atoms with van der Waals surface area (Å²) in [6, 6.07) is 11.6. The fourth-order valence-electron chi connectivity index (χ4n) is 2.39. The lowest BCUT2D eigenvalue weighted by Gasteiger charge is -2.14. The van der Waals surface area contributed by atoms with Gasteiger partial charge in [0, 0.05) is 0 Å². The van der Waals surface area contributed by atoms with Crippen LogP contribution in [-0.4, -0.2) is 36.0 Å². The normalized spacial score (nSPS) is 13.0. The number of ether oxygens (including phenoxy) is 2. The van der Waals surface area contributed by atoms with Crippen molar-refractivity contribution in [1.29, 1.82) is 0 Å². The summed E-state index contributed by atoms with van der Waals surface area (Å²) in [5.74, 6) is -1.33. The van der Waals surface area contributed by atoms with Crippen LogP contribution in [-0.2, 0) is 9.53 Å². The minimum atomic E-state index is -0.714. The van der Waals surface area contributed by atoms with Crippen molar-refractivity contribution in [3.05, 3.63) is 64.2 Å². The van der Waals surface area contributed by atoms with Gasteiger partial charge in [-0.3, -0.25) is 9.59 Å². The second-order valence-corrected chi connectivity index (χ2v) is 5.86. The summed E-state index contributed by atoms with van der Waals surface area (Å²) >= 11 is 5.98. The molecule has 0 fully saturated rings. The van der Waals surface area contributed by atoms with Crippen LogP contribution in [0.15, 0.2) is 42.5 Å². The van der Waals surface area contributed by atoms with Gasteiger partial charge in [0.25, 0.3) is 11.8 Å². The van der Waals surface area contributed by atoms with Gasteiger partial charge < -0.3 is 9.47 Å². The topological polar surface area (TPSA) is 72.9 Å². The van der Waals surface area contributed by atoms with Crippen molar-refractivity contribution < 1.29 is 23.9 Å². The van der Waals surface area contributed by atoms with Gasteiger partial charge in [-0.1, -0.05) is 29.8 Å². The van der Waals surface area contributed by atoms with Gasteiger partial charge in [0.15, 0.2) is 13.3 Å². The Bertz CT molecular complexity index is 829. The summed E-state index contributed by atoms with van der Waals surface area (Å²) in [5, 5.41) is 0.374. The summed E-state index contributed by atoms with van der Waals surface area (Å²) in [7, 11) is 0. The highest BCUT2D eigenvalue weighted by Gasteiger charge is 2.35. The Kier molecular flexibility index (Phi) is 4.72.